The number of non-ortho nitro benzene ring substituents is 1. The van der Waals surface area contributed by atoms with E-state index in [-0.39, 0.29) is 21.5 Å². The lowest BCUT2D eigenvalue weighted by molar-refractivity contribution is -0.383. The van der Waals surface area contributed by atoms with E-state index in [0.29, 0.717) is 0 Å². The minimum atomic E-state index is -3.67. The molecule has 1 heterocycles. The fraction of sp³-hybridized carbons (Fsp3) is 0. The molecule has 0 radical (unpaired) electrons. The summed E-state index contributed by atoms with van der Waals surface area (Å²) in [5.74, 6) is 0. The molecule has 1 aromatic carbocycles. The van der Waals surface area contributed by atoms with Gasteiger partial charge in [0.15, 0.2) is 9.84 Å². The molecule has 1 aromatic heterocycles. The smallest absolute Gasteiger partial charge is 0.258 e. The van der Waals surface area contributed by atoms with Crippen LogP contribution in [0.2, 0.25) is 0 Å². The highest BCUT2D eigenvalue weighted by Crippen LogP contribution is 2.28. The van der Waals surface area contributed by atoms with Gasteiger partial charge in [-0.3, -0.25) is 10.1 Å². The summed E-state index contributed by atoms with van der Waals surface area (Å²) in [6.07, 6.45) is 1.23. The van der Waals surface area contributed by atoms with E-state index in [1.807, 2.05) is 0 Å². The number of hydrogen-bond donors (Lipinski definition) is 0. The molecule has 7 heteroatoms. The highest BCUT2D eigenvalue weighted by Gasteiger charge is 2.19. The molecule has 0 atom stereocenters. The Morgan fingerprint density at radius 2 is 2.06 bits per heavy atom. The summed E-state index contributed by atoms with van der Waals surface area (Å²) in [6.45, 7) is 3.23. The minimum absolute atomic E-state index is 0.0359. The number of rotatable bonds is 3. The maximum Gasteiger partial charge on any atom is 0.295 e. The van der Waals surface area contributed by atoms with Crippen LogP contribution in [0.5, 0.6) is 0 Å². The van der Waals surface area contributed by atoms with Gasteiger partial charge in [-0.1, -0.05) is 18.7 Å². The molecule has 0 spiro atoms. The zero-order chi connectivity index (χ0) is 13.3. The van der Waals surface area contributed by atoms with Gasteiger partial charge in [0.1, 0.15) is 5.52 Å². The number of benzene rings is 1. The van der Waals surface area contributed by atoms with Crippen LogP contribution < -0.4 is 0 Å². The average Bonchev–Trinajstić information content (AvgIpc) is 2.37. The molecule has 0 unspecified atom stereocenters. The van der Waals surface area contributed by atoms with Gasteiger partial charge in [0.25, 0.3) is 5.69 Å². The van der Waals surface area contributed by atoms with E-state index >= 15 is 0 Å². The van der Waals surface area contributed by atoms with E-state index in [1.165, 1.54) is 30.5 Å². The molecular formula is C11H8N2O4S. The zero-order valence-corrected chi connectivity index (χ0v) is 9.92. The number of nitrogens with zero attached hydrogens (tertiary/aromatic N) is 2. The Bertz CT molecular complexity index is 753. The summed E-state index contributed by atoms with van der Waals surface area (Å²) in [4.78, 5) is 14.1. The molecule has 0 saturated heterocycles. The first-order valence-electron chi connectivity index (χ1n) is 4.87. The summed E-state index contributed by atoms with van der Waals surface area (Å²) < 4.78 is 23.6. The van der Waals surface area contributed by atoms with Crippen LogP contribution in [0, 0.1) is 10.1 Å². The van der Waals surface area contributed by atoms with Crippen molar-refractivity contribution in [3.8, 4) is 0 Å². The second kappa shape index (κ2) is 4.19. The zero-order valence-electron chi connectivity index (χ0n) is 9.11. The van der Waals surface area contributed by atoms with Crippen LogP contribution >= 0.6 is 0 Å². The summed E-state index contributed by atoms with van der Waals surface area (Å²) in [5, 5.41) is 11.9. The molecular weight excluding hydrogens is 256 g/mol. The van der Waals surface area contributed by atoms with Gasteiger partial charge in [-0.05, 0) is 6.07 Å². The Morgan fingerprint density at radius 3 is 2.67 bits per heavy atom. The number of para-hydroxylation sites is 1. The molecule has 2 rings (SSSR count). The van der Waals surface area contributed by atoms with Crippen LogP contribution in [-0.4, -0.2) is 18.3 Å². The molecule has 0 aliphatic rings. The van der Waals surface area contributed by atoms with E-state index in [0.717, 1.165) is 5.41 Å². The van der Waals surface area contributed by atoms with Gasteiger partial charge in [0.05, 0.1) is 9.82 Å². The number of nitro groups is 1. The Kier molecular flexibility index (Phi) is 2.84. The third-order valence-corrected chi connectivity index (χ3v) is 3.84. The second-order valence-corrected chi connectivity index (χ2v) is 5.31. The molecule has 0 aliphatic heterocycles. The van der Waals surface area contributed by atoms with Crippen molar-refractivity contribution >= 4 is 26.4 Å². The highest BCUT2D eigenvalue weighted by atomic mass is 32.2. The summed E-state index contributed by atoms with van der Waals surface area (Å²) in [6, 6.07) is 5.47. The van der Waals surface area contributed by atoms with Crippen molar-refractivity contribution in [2.75, 3.05) is 0 Å². The van der Waals surface area contributed by atoms with E-state index in [4.69, 9.17) is 0 Å². The number of nitro benzene ring substituents is 1. The standard InChI is InChI=1S/C11H8N2O4S/c1-2-18(16,17)10-6-7-12-11-8(10)4-3-5-9(11)13(14)15/h2-7H,1H2. The van der Waals surface area contributed by atoms with E-state index in [9.17, 15) is 18.5 Å². The molecule has 6 nitrogen and oxygen atoms in total. The quantitative estimate of drug-likeness (QED) is 0.625. The molecule has 0 bridgehead atoms. The normalized spacial score (nSPS) is 11.3. The maximum absolute atomic E-state index is 11.8. The van der Waals surface area contributed by atoms with E-state index in [1.54, 1.807) is 0 Å². The van der Waals surface area contributed by atoms with Gasteiger partial charge >= 0.3 is 0 Å². The van der Waals surface area contributed by atoms with Gasteiger partial charge in [0.2, 0.25) is 0 Å². The van der Waals surface area contributed by atoms with Crippen LogP contribution in [0.1, 0.15) is 0 Å². The lowest BCUT2D eigenvalue weighted by atomic mass is 10.2. The molecule has 0 N–H and O–H groups in total. The number of sulfone groups is 1. The van der Waals surface area contributed by atoms with Crippen LogP contribution in [0.15, 0.2) is 47.3 Å². The van der Waals surface area contributed by atoms with Gasteiger partial charge in [-0.2, -0.15) is 0 Å². The van der Waals surface area contributed by atoms with E-state index in [2.05, 4.69) is 11.6 Å². The van der Waals surface area contributed by atoms with Crippen LogP contribution in [0.4, 0.5) is 5.69 Å². The summed E-state index contributed by atoms with van der Waals surface area (Å²) in [7, 11) is -3.67. The van der Waals surface area contributed by atoms with E-state index < -0.39 is 14.8 Å². The third-order valence-electron chi connectivity index (χ3n) is 2.43. The lowest BCUT2D eigenvalue weighted by Crippen LogP contribution is -1.99. The van der Waals surface area contributed by atoms with Gasteiger partial charge in [-0.25, -0.2) is 13.4 Å². The monoisotopic (exact) mass is 264 g/mol. The first-order chi connectivity index (χ1) is 8.47. The summed E-state index contributed by atoms with van der Waals surface area (Å²) in [5.41, 5.74) is -0.181. The molecule has 18 heavy (non-hydrogen) atoms. The first-order valence-corrected chi connectivity index (χ1v) is 6.41. The Hall–Kier alpha value is -2.28. The van der Waals surface area contributed by atoms with Crippen molar-refractivity contribution in [3.05, 3.63) is 52.6 Å². The number of hydrogen-bond acceptors (Lipinski definition) is 5. The van der Waals surface area contributed by atoms with Gasteiger partial charge < -0.3 is 0 Å². The van der Waals surface area contributed by atoms with Crippen LogP contribution in [-0.2, 0) is 9.84 Å². The SMILES string of the molecule is C=CS(=O)(=O)c1ccnc2c([N+](=O)[O-])cccc12. The van der Waals surface area contributed by atoms with Crippen molar-refractivity contribution in [2.45, 2.75) is 4.90 Å². The highest BCUT2D eigenvalue weighted by molar-refractivity contribution is 7.94. The topological polar surface area (TPSA) is 90.2 Å². The number of aromatic nitrogens is 1. The molecule has 0 aliphatic carbocycles. The molecule has 0 amide bonds. The van der Waals surface area contributed by atoms with Crippen LogP contribution in [0.25, 0.3) is 10.9 Å². The van der Waals surface area contributed by atoms with Crippen molar-refractivity contribution in [1.82, 2.24) is 4.98 Å². The van der Waals surface area contributed by atoms with Gasteiger partial charge in [-0.15, -0.1) is 0 Å². The van der Waals surface area contributed by atoms with Crippen molar-refractivity contribution in [2.24, 2.45) is 0 Å². The number of fused-ring (bicyclic) bond motifs is 1. The lowest BCUT2D eigenvalue weighted by Gasteiger charge is -2.04. The van der Waals surface area contributed by atoms with Crippen LogP contribution in [0.3, 0.4) is 0 Å². The Balaban J connectivity index is 2.93. The first kappa shape index (κ1) is 12.2. The maximum atomic E-state index is 11.8. The fourth-order valence-corrected chi connectivity index (χ4v) is 2.52. The number of pyridine rings is 1. The molecule has 2 aromatic rings. The average molecular weight is 264 g/mol. The Morgan fingerprint density at radius 1 is 1.33 bits per heavy atom. The molecule has 0 fully saturated rings. The minimum Gasteiger partial charge on any atom is -0.258 e. The molecule has 92 valence electrons. The predicted molar refractivity (Wildman–Crippen MR) is 65.8 cm³/mol. The Labute approximate surface area is 103 Å². The fourth-order valence-electron chi connectivity index (χ4n) is 1.62. The van der Waals surface area contributed by atoms with Gasteiger partial charge in [0, 0.05) is 23.1 Å². The summed E-state index contributed by atoms with van der Waals surface area (Å²) >= 11 is 0. The van der Waals surface area contributed by atoms with Crippen molar-refractivity contribution < 1.29 is 13.3 Å². The van der Waals surface area contributed by atoms with Crippen molar-refractivity contribution in [3.63, 3.8) is 0 Å². The molecule has 0 saturated carbocycles. The largest absolute Gasteiger partial charge is 0.295 e. The predicted octanol–water partition coefficient (Wildman–Crippen LogP) is 2.06. The van der Waals surface area contributed by atoms with Crippen molar-refractivity contribution in [1.29, 1.82) is 0 Å². The third kappa shape index (κ3) is 1.84. The second-order valence-electron chi connectivity index (χ2n) is 3.45.